The van der Waals surface area contributed by atoms with Crippen LogP contribution in [0.25, 0.3) is 0 Å². The lowest BCUT2D eigenvalue weighted by Crippen LogP contribution is -2.50. The summed E-state index contributed by atoms with van der Waals surface area (Å²) in [6.07, 6.45) is 7.15. The molecule has 1 saturated heterocycles. The van der Waals surface area contributed by atoms with Gasteiger partial charge < -0.3 is 9.47 Å². The highest BCUT2D eigenvalue weighted by molar-refractivity contribution is 4.86. The van der Waals surface area contributed by atoms with E-state index in [2.05, 4.69) is 27.7 Å². The van der Waals surface area contributed by atoms with Crippen LogP contribution in [0.4, 0.5) is 0 Å². The highest BCUT2D eigenvalue weighted by atomic mass is 16.6. The maximum absolute atomic E-state index is 6.06. The minimum atomic E-state index is -0.0399. The molecule has 96 valence electrons. The van der Waals surface area contributed by atoms with Gasteiger partial charge in [-0.1, -0.05) is 39.5 Å². The zero-order chi connectivity index (χ0) is 12.1. The first-order valence-electron chi connectivity index (χ1n) is 6.81. The van der Waals surface area contributed by atoms with Crippen molar-refractivity contribution in [1.82, 2.24) is 0 Å². The summed E-state index contributed by atoms with van der Waals surface area (Å²) in [4.78, 5) is 0. The van der Waals surface area contributed by atoms with E-state index in [4.69, 9.17) is 9.47 Å². The van der Waals surface area contributed by atoms with Crippen molar-refractivity contribution < 1.29 is 9.47 Å². The molecular formula is C14H28O2. The molecule has 0 aliphatic carbocycles. The predicted octanol–water partition coefficient (Wildman–Crippen LogP) is 3.93. The number of rotatable bonds is 6. The Labute approximate surface area is 101 Å². The summed E-state index contributed by atoms with van der Waals surface area (Å²) in [5.41, 5.74) is -0.0799. The lowest BCUT2D eigenvalue weighted by molar-refractivity contribution is -0.227. The van der Waals surface area contributed by atoms with Crippen LogP contribution in [0.1, 0.15) is 66.2 Å². The largest absolute Gasteiger partial charge is 0.370 e. The minimum absolute atomic E-state index is 0.0399. The third-order valence-electron chi connectivity index (χ3n) is 3.57. The van der Waals surface area contributed by atoms with Crippen LogP contribution in [-0.4, -0.2) is 24.4 Å². The van der Waals surface area contributed by atoms with Crippen LogP contribution in [-0.2, 0) is 9.47 Å². The average Bonchev–Trinajstić information content (AvgIpc) is 2.29. The summed E-state index contributed by atoms with van der Waals surface area (Å²) in [6.45, 7) is 10.3. The Morgan fingerprint density at radius 1 is 0.812 bits per heavy atom. The molecule has 0 radical (unpaired) electrons. The van der Waals surface area contributed by atoms with Crippen molar-refractivity contribution in [2.24, 2.45) is 0 Å². The zero-order valence-corrected chi connectivity index (χ0v) is 11.5. The number of hydrogen-bond donors (Lipinski definition) is 0. The molecule has 0 bridgehead atoms. The zero-order valence-electron chi connectivity index (χ0n) is 11.5. The quantitative estimate of drug-likeness (QED) is 0.685. The van der Waals surface area contributed by atoms with Gasteiger partial charge in [-0.15, -0.1) is 0 Å². The van der Waals surface area contributed by atoms with Gasteiger partial charge in [-0.25, -0.2) is 0 Å². The maximum Gasteiger partial charge on any atom is 0.0888 e. The van der Waals surface area contributed by atoms with Crippen LogP contribution in [0.5, 0.6) is 0 Å². The van der Waals surface area contributed by atoms with Gasteiger partial charge in [0.25, 0.3) is 0 Å². The number of ether oxygens (including phenoxy) is 2. The molecule has 1 fully saturated rings. The van der Waals surface area contributed by atoms with Crippen LogP contribution in [0.2, 0.25) is 0 Å². The number of hydrogen-bond acceptors (Lipinski definition) is 2. The van der Waals surface area contributed by atoms with Crippen molar-refractivity contribution in [3.8, 4) is 0 Å². The molecule has 2 nitrogen and oxygen atoms in total. The van der Waals surface area contributed by atoms with Crippen LogP contribution >= 0.6 is 0 Å². The van der Waals surface area contributed by atoms with E-state index in [0.717, 1.165) is 26.1 Å². The fourth-order valence-electron chi connectivity index (χ4n) is 2.13. The molecule has 16 heavy (non-hydrogen) atoms. The highest BCUT2D eigenvalue weighted by Gasteiger charge is 2.38. The van der Waals surface area contributed by atoms with Gasteiger partial charge in [-0.2, -0.15) is 0 Å². The summed E-state index contributed by atoms with van der Waals surface area (Å²) >= 11 is 0. The fourth-order valence-corrected chi connectivity index (χ4v) is 2.13. The third-order valence-corrected chi connectivity index (χ3v) is 3.57. The van der Waals surface area contributed by atoms with Gasteiger partial charge in [0.15, 0.2) is 0 Å². The Balaban J connectivity index is 2.36. The molecule has 2 atom stereocenters. The van der Waals surface area contributed by atoms with E-state index >= 15 is 0 Å². The molecule has 0 aromatic heterocycles. The van der Waals surface area contributed by atoms with Crippen molar-refractivity contribution in [1.29, 1.82) is 0 Å². The SMILES string of the molecule is CCCCC1(C)COC(C)(CCCC)CO1. The standard InChI is InChI=1S/C14H28O2/c1-5-7-9-13(3)11-16-14(4,12-15-13)10-8-6-2/h5-12H2,1-4H3. The lowest BCUT2D eigenvalue weighted by Gasteiger charge is -2.43. The first kappa shape index (κ1) is 14.0. The van der Waals surface area contributed by atoms with E-state index in [1.807, 2.05) is 0 Å². The van der Waals surface area contributed by atoms with E-state index < -0.39 is 0 Å². The highest BCUT2D eigenvalue weighted by Crippen LogP contribution is 2.31. The van der Waals surface area contributed by atoms with Gasteiger partial charge in [-0.3, -0.25) is 0 Å². The molecule has 0 spiro atoms. The van der Waals surface area contributed by atoms with Gasteiger partial charge in [0.1, 0.15) is 0 Å². The smallest absolute Gasteiger partial charge is 0.0888 e. The molecule has 1 heterocycles. The van der Waals surface area contributed by atoms with Crippen LogP contribution < -0.4 is 0 Å². The molecular weight excluding hydrogens is 200 g/mol. The Hall–Kier alpha value is -0.0800. The second kappa shape index (κ2) is 6.02. The summed E-state index contributed by atoms with van der Waals surface area (Å²) in [6, 6.07) is 0. The second-order valence-electron chi connectivity index (χ2n) is 5.68. The van der Waals surface area contributed by atoms with Gasteiger partial charge in [0.2, 0.25) is 0 Å². The van der Waals surface area contributed by atoms with E-state index in [1.165, 1.54) is 25.7 Å². The van der Waals surface area contributed by atoms with Crippen LogP contribution in [0.15, 0.2) is 0 Å². The summed E-state index contributed by atoms with van der Waals surface area (Å²) in [5.74, 6) is 0. The summed E-state index contributed by atoms with van der Waals surface area (Å²) in [7, 11) is 0. The predicted molar refractivity (Wildman–Crippen MR) is 67.8 cm³/mol. The first-order valence-corrected chi connectivity index (χ1v) is 6.81. The molecule has 0 aromatic carbocycles. The van der Waals surface area contributed by atoms with Gasteiger partial charge in [-0.05, 0) is 26.7 Å². The molecule has 0 N–H and O–H groups in total. The van der Waals surface area contributed by atoms with Crippen molar-refractivity contribution in [3.63, 3.8) is 0 Å². The molecule has 0 amide bonds. The maximum atomic E-state index is 6.06. The molecule has 0 aromatic rings. The normalized spacial score (nSPS) is 35.2. The van der Waals surface area contributed by atoms with Gasteiger partial charge >= 0.3 is 0 Å². The topological polar surface area (TPSA) is 18.5 Å². The van der Waals surface area contributed by atoms with Crippen molar-refractivity contribution in [2.45, 2.75) is 77.4 Å². The molecule has 0 saturated carbocycles. The number of unbranched alkanes of at least 4 members (excludes halogenated alkanes) is 2. The first-order chi connectivity index (χ1) is 7.54. The van der Waals surface area contributed by atoms with Crippen molar-refractivity contribution in [3.05, 3.63) is 0 Å². The molecule has 1 rings (SSSR count). The molecule has 2 heteroatoms. The minimum Gasteiger partial charge on any atom is -0.370 e. The fraction of sp³-hybridized carbons (Fsp3) is 1.00. The molecule has 1 aliphatic rings. The summed E-state index contributed by atoms with van der Waals surface area (Å²) < 4.78 is 12.1. The Morgan fingerprint density at radius 3 is 1.44 bits per heavy atom. The van der Waals surface area contributed by atoms with E-state index in [1.54, 1.807) is 0 Å². The average molecular weight is 228 g/mol. The van der Waals surface area contributed by atoms with Gasteiger partial charge in [0.05, 0.1) is 24.4 Å². The van der Waals surface area contributed by atoms with Crippen molar-refractivity contribution in [2.75, 3.05) is 13.2 Å². The van der Waals surface area contributed by atoms with Crippen molar-refractivity contribution >= 4 is 0 Å². The Bertz CT molecular complexity index is 171. The van der Waals surface area contributed by atoms with E-state index in [9.17, 15) is 0 Å². The monoisotopic (exact) mass is 228 g/mol. The Kier molecular flexibility index (Phi) is 5.26. The van der Waals surface area contributed by atoms with Gasteiger partial charge in [0, 0.05) is 0 Å². The second-order valence-corrected chi connectivity index (χ2v) is 5.68. The lowest BCUT2D eigenvalue weighted by atomic mass is 9.94. The molecule has 2 unspecified atom stereocenters. The third kappa shape index (κ3) is 4.06. The molecule has 1 aliphatic heterocycles. The van der Waals surface area contributed by atoms with E-state index in [-0.39, 0.29) is 11.2 Å². The van der Waals surface area contributed by atoms with Crippen LogP contribution in [0, 0.1) is 0 Å². The summed E-state index contributed by atoms with van der Waals surface area (Å²) in [5, 5.41) is 0. The van der Waals surface area contributed by atoms with E-state index in [0.29, 0.717) is 0 Å². The Morgan fingerprint density at radius 2 is 1.19 bits per heavy atom. The van der Waals surface area contributed by atoms with Crippen LogP contribution in [0.3, 0.4) is 0 Å².